The normalized spacial score (nSPS) is 38.4. The Kier molecular flexibility index (Phi) is 13.7. The number of hydroxylamine groups is 1. The molecule has 6 fully saturated rings. The van der Waals surface area contributed by atoms with Crippen LogP contribution in [-0.4, -0.2) is 59.0 Å². The Labute approximate surface area is 294 Å². The van der Waals surface area contributed by atoms with E-state index in [1.165, 1.54) is 64.2 Å². The smallest absolute Gasteiger partial charge is 0.307 e. The third-order valence-electron chi connectivity index (χ3n) is 14.1. The number of hydrogen-bond donors (Lipinski definition) is 4. The van der Waals surface area contributed by atoms with Crippen LogP contribution in [0.3, 0.4) is 0 Å². The molecular formula is C40H66N2O7. The molecule has 49 heavy (non-hydrogen) atoms. The molecule has 9 heteroatoms. The topological polar surface area (TPSA) is 134 Å². The van der Waals surface area contributed by atoms with Gasteiger partial charge in [0.1, 0.15) is 0 Å². The average Bonchev–Trinajstić information content (AvgIpc) is 3.13. The molecule has 0 heterocycles. The fraction of sp³-hybridized carbons (Fsp3) is 0.925. The number of aliphatic carboxylic acids is 2. The maximum absolute atomic E-state index is 13.5. The Morgan fingerprint density at radius 3 is 1.57 bits per heavy atom. The molecule has 6 atom stereocenters. The van der Waals surface area contributed by atoms with E-state index in [1.54, 1.807) is 0 Å². The predicted octanol–water partition coefficient (Wildman–Crippen LogP) is 7.66. The van der Waals surface area contributed by atoms with E-state index in [4.69, 9.17) is 9.57 Å². The van der Waals surface area contributed by atoms with Crippen LogP contribution in [0.1, 0.15) is 154 Å². The summed E-state index contributed by atoms with van der Waals surface area (Å²) < 4.78 is 6.57. The number of carboxylic acid groups (broad SMARTS) is 2. The second-order valence-corrected chi connectivity index (χ2v) is 17.2. The Hall–Kier alpha value is -1.71. The van der Waals surface area contributed by atoms with E-state index in [0.29, 0.717) is 30.8 Å². The van der Waals surface area contributed by atoms with Gasteiger partial charge in [-0.05, 0) is 119 Å². The molecule has 6 saturated carbocycles. The molecule has 6 aliphatic carbocycles. The third kappa shape index (κ3) is 10.2. The zero-order valence-electron chi connectivity index (χ0n) is 30.0. The summed E-state index contributed by atoms with van der Waals surface area (Å²) >= 11 is 0. The molecule has 6 unspecified atom stereocenters. The summed E-state index contributed by atoms with van der Waals surface area (Å²) in [5.74, 6) is -0.0778. The Morgan fingerprint density at radius 2 is 1.02 bits per heavy atom. The lowest BCUT2D eigenvalue weighted by Gasteiger charge is -2.40. The van der Waals surface area contributed by atoms with Gasteiger partial charge in [0.25, 0.3) is 0 Å². The first kappa shape index (κ1) is 37.1. The fourth-order valence-electron chi connectivity index (χ4n) is 11.2. The number of carboxylic acids is 2. The number of carbonyl (C=O) groups is 3. The Balaban J connectivity index is 0.873. The predicted molar refractivity (Wildman–Crippen MR) is 187 cm³/mol. The standard InChI is InChI=1S/C40H66N2O7/c43-38(37-24-29(12-22-36(37)40(46)47)27-9-5-2-6-10-27)41-31-13-17-33(18-14-31)49-34-19-15-32(16-20-34)42-48-25-30-23-28(11-21-35(30)39(44)45)26-7-3-1-4-8-26/h26-37,42H,1-25H2,(H,41,43)(H,44,45)(H,46,47). The van der Waals surface area contributed by atoms with Crippen molar-refractivity contribution in [3.63, 3.8) is 0 Å². The monoisotopic (exact) mass is 686 g/mol. The lowest BCUT2D eigenvalue weighted by atomic mass is 9.66. The highest BCUT2D eigenvalue weighted by Crippen LogP contribution is 2.44. The molecule has 6 rings (SSSR count). The second kappa shape index (κ2) is 18.2. The summed E-state index contributed by atoms with van der Waals surface area (Å²) in [6.07, 6.45) is 26.2. The quantitative estimate of drug-likeness (QED) is 0.154. The van der Waals surface area contributed by atoms with Crippen molar-refractivity contribution in [1.82, 2.24) is 10.8 Å². The van der Waals surface area contributed by atoms with Gasteiger partial charge in [0.2, 0.25) is 5.91 Å². The molecule has 0 aliphatic heterocycles. The van der Waals surface area contributed by atoms with Gasteiger partial charge in [0, 0.05) is 12.1 Å². The molecule has 0 radical (unpaired) electrons. The molecule has 0 aromatic heterocycles. The molecule has 1 amide bonds. The van der Waals surface area contributed by atoms with Gasteiger partial charge in [-0.15, -0.1) is 0 Å². The van der Waals surface area contributed by atoms with Crippen molar-refractivity contribution in [2.45, 2.75) is 178 Å². The minimum absolute atomic E-state index is 0.0312. The largest absolute Gasteiger partial charge is 0.481 e. The van der Waals surface area contributed by atoms with Crippen molar-refractivity contribution < 1.29 is 34.2 Å². The summed E-state index contributed by atoms with van der Waals surface area (Å²) in [4.78, 5) is 43.6. The third-order valence-corrected chi connectivity index (χ3v) is 14.1. The van der Waals surface area contributed by atoms with E-state index >= 15 is 0 Å². The molecule has 0 aromatic rings. The Morgan fingerprint density at radius 1 is 0.510 bits per heavy atom. The molecule has 278 valence electrons. The molecule has 0 aromatic carbocycles. The van der Waals surface area contributed by atoms with Crippen LogP contribution in [0.15, 0.2) is 0 Å². The van der Waals surface area contributed by atoms with Gasteiger partial charge in [-0.3, -0.25) is 14.4 Å². The van der Waals surface area contributed by atoms with Crippen LogP contribution < -0.4 is 10.8 Å². The van der Waals surface area contributed by atoms with Crippen molar-refractivity contribution in [1.29, 1.82) is 0 Å². The van der Waals surface area contributed by atoms with Crippen LogP contribution in [0.4, 0.5) is 0 Å². The van der Waals surface area contributed by atoms with Gasteiger partial charge in [-0.2, -0.15) is 5.48 Å². The molecule has 0 saturated heterocycles. The van der Waals surface area contributed by atoms with Crippen molar-refractivity contribution in [3.05, 3.63) is 0 Å². The summed E-state index contributed by atoms with van der Waals surface area (Å²) in [5.41, 5.74) is 3.30. The van der Waals surface area contributed by atoms with Crippen molar-refractivity contribution in [2.24, 2.45) is 47.3 Å². The maximum atomic E-state index is 13.5. The van der Waals surface area contributed by atoms with Crippen LogP contribution in [-0.2, 0) is 24.0 Å². The maximum Gasteiger partial charge on any atom is 0.307 e. The van der Waals surface area contributed by atoms with E-state index in [2.05, 4.69) is 10.8 Å². The number of hydrogen-bond acceptors (Lipinski definition) is 6. The van der Waals surface area contributed by atoms with Crippen LogP contribution in [0.25, 0.3) is 0 Å². The lowest BCUT2D eigenvalue weighted by molar-refractivity contribution is -0.150. The number of nitrogens with one attached hydrogen (secondary N) is 2. The average molecular weight is 687 g/mol. The number of rotatable bonds is 12. The molecule has 0 bridgehead atoms. The highest BCUT2D eigenvalue weighted by atomic mass is 16.6. The van der Waals surface area contributed by atoms with Gasteiger partial charge in [-0.1, -0.05) is 64.2 Å². The fourth-order valence-corrected chi connectivity index (χ4v) is 11.2. The summed E-state index contributed by atoms with van der Waals surface area (Å²) in [7, 11) is 0. The van der Waals surface area contributed by atoms with Crippen LogP contribution in [0.5, 0.6) is 0 Å². The minimum Gasteiger partial charge on any atom is -0.481 e. The van der Waals surface area contributed by atoms with E-state index in [1.807, 2.05) is 0 Å². The van der Waals surface area contributed by atoms with E-state index in [-0.39, 0.29) is 42.0 Å². The zero-order chi connectivity index (χ0) is 34.2. The molecule has 6 aliphatic rings. The number of ether oxygens (including phenoxy) is 1. The first-order chi connectivity index (χ1) is 23.8. The van der Waals surface area contributed by atoms with E-state index in [0.717, 1.165) is 89.4 Å². The lowest BCUT2D eigenvalue weighted by Crippen LogP contribution is -2.47. The van der Waals surface area contributed by atoms with Crippen LogP contribution in [0, 0.1) is 47.3 Å². The van der Waals surface area contributed by atoms with Gasteiger partial charge in [-0.25, -0.2) is 0 Å². The molecular weight excluding hydrogens is 620 g/mol. The number of amides is 1. The van der Waals surface area contributed by atoms with Crippen LogP contribution >= 0.6 is 0 Å². The van der Waals surface area contributed by atoms with Crippen molar-refractivity contribution in [2.75, 3.05) is 6.61 Å². The zero-order valence-corrected chi connectivity index (χ0v) is 30.0. The first-order valence-corrected chi connectivity index (χ1v) is 20.6. The van der Waals surface area contributed by atoms with Gasteiger partial charge in [0.05, 0.1) is 36.6 Å². The summed E-state index contributed by atoms with van der Waals surface area (Å²) in [5, 5.41) is 23.1. The van der Waals surface area contributed by atoms with Gasteiger partial charge in [0.15, 0.2) is 0 Å². The van der Waals surface area contributed by atoms with Gasteiger partial charge < -0.3 is 25.1 Å². The Bertz CT molecular complexity index is 1060. The highest BCUT2D eigenvalue weighted by Gasteiger charge is 2.43. The van der Waals surface area contributed by atoms with Crippen LogP contribution in [0.2, 0.25) is 0 Å². The summed E-state index contributed by atoms with van der Waals surface area (Å²) in [6.45, 7) is 0.481. The first-order valence-electron chi connectivity index (χ1n) is 20.6. The minimum atomic E-state index is -0.810. The molecule has 0 spiro atoms. The van der Waals surface area contributed by atoms with E-state index < -0.39 is 23.8 Å². The molecule has 4 N–H and O–H groups in total. The highest BCUT2D eigenvalue weighted by molar-refractivity contribution is 5.85. The summed E-state index contributed by atoms with van der Waals surface area (Å²) in [6, 6.07) is 0.385. The SMILES string of the molecule is O=C(O)C1CCC(C2CCCCC2)CC1CONC1CCC(OC2CCC(NC(=O)C3CC(C4CCCCC4)CCC3C(=O)O)CC2)CC1. The van der Waals surface area contributed by atoms with Gasteiger partial charge >= 0.3 is 11.9 Å². The second-order valence-electron chi connectivity index (χ2n) is 17.2. The number of carbonyl (C=O) groups excluding carboxylic acids is 1. The molecule has 9 nitrogen and oxygen atoms in total. The van der Waals surface area contributed by atoms with Crippen molar-refractivity contribution in [3.8, 4) is 0 Å². The van der Waals surface area contributed by atoms with E-state index in [9.17, 15) is 24.6 Å². The van der Waals surface area contributed by atoms with Crippen molar-refractivity contribution >= 4 is 17.8 Å².